The molecule has 0 saturated heterocycles. The minimum absolute atomic E-state index is 0.0233. The summed E-state index contributed by atoms with van der Waals surface area (Å²) < 4.78 is 15.8. The first kappa shape index (κ1) is 19.9. The summed E-state index contributed by atoms with van der Waals surface area (Å²) >= 11 is 1.60. The molecule has 0 aliphatic rings. The number of amides is 1. The van der Waals surface area contributed by atoms with E-state index in [1.54, 1.807) is 42.7 Å². The summed E-state index contributed by atoms with van der Waals surface area (Å²) in [5, 5.41) is 7.84. The van der Waals surface area contributed by atoms with Gasteiger partial charge in [0.15, 0.2) is 0 Å². The first-order valence-corrected chi connectivity index (χ1v) is 10.2. The van der Waals surface area contributed by atoms with Crippen molar-refractivity contribution in [3.63, 3.8) is 0 Å². The maximum Gasteiger partial charge on any atom is 0.260 e. The molecule has 0 atom stereocenters. The van der Waals surface area contributed by atoms with Gasteiger partial charge in [-0.05, 0) is 44.5 Å². The Morgan fingerprint density at radius 2 is 1.93 bits per heavy atom. The van der Waals surface area contributed by atoms with Gasteiger partial charge in [0.25, 0.3) is 5.91 Å². The smallest absolute Gasteiger partial charge is 0.260 e. The molecule has 6 nitrogen and oxygen atoms in total. The topological polar surface area (TPSA) is 72.7 Å². The number of carbonyl (C=O) groups is 1. The number of rotatable bonds is 4. The van der Waals surface area contributed by atoms with Crippen molar-refractivity contribution in [2.75, 3.05) is 5.32 Å². The van der Waals surface area contributed by atoms with Crippen LogP contribution in [0, 0.1) is 26.6 Å². The zero-order valence-corrected chi connectivity index (χ0v) is 17.8. The summed E-state index contributed by atoms with van der Waals surface area (Å²) in [6.45, 7) is 5.72. The van der Waals surface area contributed by atoms with E-state index in [1.165, 1.54) is 6.07 Å². The number of aromatic nitrogens is 4. The van der Waals surface area contributed by atoms with Gasteiger partial charge < -0.3 is 5.32 Å². The molecule has 1 aromatic carbocycles. The second-order valence-corrected chi connectivity index (χ2v) is 8.21. The fraction of sp³-hybridized carbons (Fsp3) is 0.182. The van der Waals surface area contributed by atoms with E-state index in [0.717, 1.165) is 32.4 Å². The van der Waals surface area contributed by atoms with Crippen LogP contribution in [0.2, 0.25) is 0 Å². The fourth-order valence-corrected chi connectivity index (χ4v) is 4.19. The van der Waals surface area contributed by atoms with Gasteiger partial charge in [0.2, 0.25) is 0 Å². The molecular weight excluding hydrogens is 401 g/mol. The third kappa shape index (κ3) is 3.61. The number of nitrogens with one attached hydrogen (secondary N) is 1. The van der Waals surface area contributed by atoms with E-state index < -0.39 is 11.7 Å². The van der Waals surface area contributed by atoms with Crippen molar-refractivity contribution in [3.8, 4) is 21.8 Å². The Morgan fingerprint density at radius 1 is 1.13 bits per heavy atom. The van der Waals surface area contributed by atoms with Crippen molar-refractivity contribution in [2.24, 2.45) is 7.05 Å². The van der Waals surface area contributed by atoms with Crippen LogP contribution in [0.15, 0.2) is 42.7 Å². The second kappa shape index (κ2) is 7.79. The van der Waals surface area contributed by atoms with E-state index >= 15 is 0 Å². The van der Waals surface area contributed by atoms with Gasteiger partial charge >= 0.3 is 0 Å². The highest BCUT2D eigenvalue weighted by atomic mass is 32.1. The quantitative estimate of drug-likeness (QED) is 0.508. The van der Waals surface area contributed by atoms with Gasteiger partial charge in [-0.25, -0.2) is 14.4 Å². The number of benzene rings is 1. The minimum Gasteiger partial charge on any atom is -0.306 e. The molecule has 0 spiro atoms. The van der Waals surface area contributed by atoms with Crippen molar-refractivity contribution in [3.05, 3.63) is 70.2 Å². The van der Waals surface area contributed by atoms with Crippen molar-refractivity contribution in [2.45, 2.75) is 20.8 Å². The van der Waals surface area contributed by atoms with E-state index in [-0.39, 0.29) is 5.56 Å². The number of nitrogens with zero attached hydrogens (tertiary/aromatic N) is 4. The van der Waals surface area contributed by atoms with Crippen LogP contribution in [0.5, 0.6) is 0 Å². The zero-order chi connectivity index (χ0) is 21.4. The number of hydrogen-bond acceptors (Lipinski definition) is 5. The lowest BCUT2D eigenvalue weighted by Crippen LogP contribution is -2.16. The number of anilines is 1. The first-order chi connectivity index (χ1) is 14.3. The van der Waals surface area contributed by atoms with Crippen molar-refractivity contribution in [1.82, 2.24) is 19.7 Å². The van der Waals surface area contributed by atoms with E-state index in [1.807, 2.05) is 37.8 Å². The van der Waals surface area contributed by atoms with Gasteiger partial charge in [0, 0.05) is 29.4 Å². The highest BCUT2D eigenvalue weighted by Crippen LogP contribution is 2.34. The Balaban J connectivity index is 1.57. The number of halogens is 1. The van der Waals surface area contributed by atoms with E-state index in [0.29, 0.717) is 11.4 Å². The Labute approximate surface area is 177 Å². The number of pyridine rings is 1. The molecular formula is C22H20FN5OS. The summed E-state index contributed by atoms with van der Waals surface area (Å²) in [4.78, 5) is 22.6. The first-order valence-electron chi connectivity index (χ1n) is 9.34. The maximum atomic E-state index is 14.0. The fourth-order valence-electron chi connectivity index (χ4n) is 3.19. The third-order valence-corrected chi connectivity index (χ3v) is 5.99. The number of hydrogen-bond donors (Lipinski definition) is 1. The predicted molar refractivity (Wildman–Crippen MR) is 116 cm³/mol. The molecule has 0 fully saturated rings. The molecule has 0 saturated carbocycles. The molecule has 0 radical (unpaired) electrons. The third-order valence-electron chi connectivity index (χ3n) is 4.99. The Morgan fingerprint density at radius 3 is 2.57 bits per heavy atom. The average Bonchev–Trinajstić information content (AvgIpc) is 3.25. The average molecular weight is 422 g/mol. The summed E-state index contributed by atoms with van der Waals surface area (Å²) in [5.74, 6) is -0.729. The van der Waals surface area contributed by atoms with Gasteiger partial charge in [0.05, 0.1) is 23.0 Å². The molecule has 1 amide bonds. The number of aryl methyl sites for hydroxylation is 3. The van der Waals surface area contributed by atoms with Gasteiger partial charge in [-0.15, -0.1) is 11.3 Å². The van der Waals surface area contributed by atoms with Gasteiger partial charge in [-0.3, -0.25) is 9.48 Å². The zero-order valence-electron chi connectivity index (χ0n) is 17.0. The lowest BCUT2D eigenvalue weighted by atomic mass is 10.1. The Bertz CT molecular complexity index is 1220. The predicted octanol–water partition coefficient (Wildman–Crippen LogP) is 4.92. The maximum absolute atomic E-state index is 14.0. The van der Waals surface area contributed by atoms with Crippen LogP contribution in [0.1, 0.15) is 26.5 Å². The summed E-state index contributed by atoms with van der Waals surface area (Å²) in [6, 6.07) is 8.08. The van der Waals surface area contributed by atoms with Crippen molar-refractivity contribution in [1.29, 1.82) is 0 Å². The van der Waals surface area contributed by atoms with Gasteiger partial charge in [0.1, 0.15) is 16.6 Å². The highest BCUT2D eigenvalue weighted by molar-refractivity contribution is 7.15. The van der Waals surface area contributed by atoms with E-state index in [4.69, 9.17) is 4.98 Å². The summed E-state index contributed by atoms with van der Waals surface area (Å²) in [6.07, 6.45) is 3.48. The molecule has 3 aromatic heterocycles. The van der Waals surface area contributed by atoms with Crippen LogP contribution >= 0.6 is 11.3 Å². The molecule has 0 aliphatic carbocycles. The van der Waals surface area contributed by atoms with Crippen LogP contribution in [-0.2, 0) is 7.05 Å². The standard InChI is InChI=1S/C22H20FN5OS/c1-12-6-5-7-17(23)19(12)21(29)26-18-9-8-15(10-24-18)20-14(3)30-22(27-20)16-11-25-28(4)13(16)2/h5-11H,1-4H3,(H,24,26,29). The molecule has 4 rings (SSSR count). The Hall–Kier alpha value is -3.39. The largest absolute Gasteiger partial charge is 0.306 e. The number of thiazole rings is 1. The lowest BCUT2D eigenvalue weighted by Gasteiger charge is -2.08. The second-order valence-electron chi connectivity index (χ2n) is 7.01. The molecule has 152 valence electrons. The van der Waals surface area contributed by atoms with Crippen LogP contribution in [0.4, 0.5) is 10.2 Å². The summed E-state index contributed by atoms with van der Waals surface area (Å²) in [5.41, 5.74) is 4.34. The Kier molecular flexibility index (Phi) is 5.17. The van der Waals surface area contributed by atoms with E-state index in [9.17, 15) is 9.18 Å². The molecule has 8 heteroatoms. The molecule has 0 aliphatic heterocycles. The van der Waals surface area contributed by atoms with Gasteiger partial charge in [-0.2, -0.15) is 5.10 Å². The normalized spacial score (nSPS) is 11.0. The number of carbonyl (C=O) groups excluding carboxylic acids is 1. The van der Waals surface area contributed by atoms with Crippen molar-refractivity contribution < 1.29 is 9.18 Å². The molecule has 30 heavy (non-hydrogen) atoms. The monoisotopic (exact) mass is 421 g/mol. The molecule has 1 N–H and O–H groups in total. The van der Waals surface area contributed by atoms with E-state index in [2.05, 4.69) is 15.4 Å². The highest BCUT2D eigenvalue weighted by Gasteiger charge is 2.17. The van der Waals surface area contributed by atoms with Gasteiger partial charge in [-0.1, -0.05) is 12.1 Å². The molecule has 3 heterocycles. The summed E-state index contributed by atoms with van der Waals surface area (Å²) in [7, 11) is 1.90. The SMILES string of the molecule is Cc1cccc(F)c1C(=O)Nc1ccc(-c2nc(-c3cnn(C)c3C)sc2C)cn1. The lowest BCUT2D eigenvalue weighted by molar-refractivity contribution is 0.102. The minimum atomic E-state index is -0.555. The molecule has 0 bridgehead atoms. The molecule has 4 aromatic rings. The van der Waals surface area contributed by atoms with Crippen LogP contribution in [0.3, 0.4) is 0 Å². The van der Waals surface area contributed by atoms with Crippen LogP contribution in [-0.4, -0.2) is 25.7 Å². The van der Waals surface area contributed by atoms with Crippen LogP contribution < -0.4 is 5.32 Å². The molecule has 0 unspecified atom stereocenters. The van der Waals surface area contributed by atoms with Crippen molar-refractivity contribution >= 4 is 23.1 Å². The van der Waals surface area contributed by atoms with Crippen LogP contribution in [0.25, 0.3) is 21.8 Å².